The number of rotatable bonds is 11. The maximum absolute atomic E-state index is 13.4. The second-order valence-electron chi connectivity index (χ2n) is 6.15. The van der Waals surface area contributed by atoms with E-state index in [-0.39, 0.29) is 29.6 Å². The molecule has 35 heavy (non-hydrogen) atoms. The van der Waals surface area contributed by atoms with Crippen molar-refractivity contribution in [2.45, 2.75) is 53.9 Å². The molecule has 24 heteroatoms. The van der Waals surface area contributed by atoms with Gasteiger partial charge in [0.05, 0.1) is 28.6 Å². The number of aliphatic hydroxyl groups is 1. The maximum Gasteiger partial charge on any atom is 1.00 e. The Hall–Kier alpha value is -0.360. The van der Waals surface area contributed by atoms with Gasteiger partial charge >= 0.3 is 77.4 Å². The summed E-state index contributed by atoms with van der Waals surface area (Å²) in [5.74, 6) is -53.5. The number of ether oxygens (including phenoxy) is 1. The first-order valence-corrected chi connectivity index (χ1v) is 8.90. The minimum atomic E-state index is -8.81. The van der Waals surface area contributed by atoms with E-state index >= 15 is 0 Å². The van der Waals surface area contributed by atoms with Crippen LogP contribution in [0.25, 0.3) is 0 Å². The first-order chi connectivity index (χ1) is 14.4. The molecule has 5 nitrogen and oxygen atoms in total. The standard InChI is InChI=1S/C11H7F17O5S.Na/c12-4(13,6(16,17)8(20,21)10(24,25)26)5(14,15)7(18,19)9(22,23)11(27,28)33-1-3(29)2-34(30,31)32;/h3,29H,1-2H2,(H,30,31,32);/q;+1/p-1. The molecule has 1 atom stereocenters. The molecule has 0 aliphatic heterocycles. The first kappa shape index (κ1) is 36.8. The Balaban J connectivity index is 0. The Morgan fingerprint density at radius 3 is 1.20 bits per heavy atom. The smallest absolute Gasteiger partial charge is 0.748 e. The molecule has 1 N–H and O–H groups in total. The zero-order valence-corrected chi connectivity index (χ0v) is 18.7. The molecule has 0 aliphatic carbocycles. The molecule has 0 spiro atoms. The van der Waals surface area contributed by atoms with Crippen LogP contribution in [0.15, 0.2) is 0 Å². The molecule has 0 heterocycles. The zero-order valence-electron chi connectivity index (χ0n) is 15.9. The van der Waals surface area contributed by atoms with Crippen LogP contribution >= 0.6 is 0 Å². The molecule has 0 amide bonds. The summed E-state index contributed by atoms with van der Waals surface area (Å²) >= 11 is 0. The molecule has 0 aromatic heterocycles. The van der Waals surface area contributed by atoms with Gasteiger partial charge in [0.15, 0.2) is 0 Å². The van der Waals surface area contributed by atoms with E-state index in [4.69, 9.17) is 5.11 Å². The van der Waals surface area contributed by atoms with E-state index in [1.54, 1.807) is 0 Å². The zero-order chi connectivity index (χ0) is 28.2. The second-order valence-corrected chi connectivity index (χ2v) is 7.60. The minimum absolute atomic E-state index is 0. The molecule has 1 unspecified atom stereocenters. The Morgan fingerprint density at radius 2 is 0.914 bits per heavy atom. The van der Waals surface area contributed by atoms with Crippen molar-refractivity contribution < 1.29 is 127 Å². The quantitative estimate of drug-likeness (QED) is 0.218. The Labute approximate surface area is 203 Å². The van der Waals surface area contributed by atoms with Gasteiger partial charge in [-0.25, -0.2) is 8.42 Å². The normalized spacial score (nSPS) is 16.7. The van der Waals surface area contributed by atoms with Gasteiger partial charge in [-0.05, 0) is 0 Å². The van der Waals surface area contributed by atoms with Crippen LogP contribution in [0.2, 0.25) is 0 Å². The van der Waals surface area contributed by atoms with Crippen LogP contribution < -0.4 is 29.6 Å². The molecular formula is C11H6F17NaO5S. The van der Waals surface area contributed by atoms with Gasteiger partial charge in [-0.2, -0.15) is 74.6 Å². The van der Waals surface area contributed by atoms with E-state index in [2.05, 4.69) is 4.74 Å². The van der Waals surface area contributed by atoms with Gasteiger partial charge in [-0.1, -0.05) is 0 Å². The summed E-state index contributed by atoms with van der Waals surface area (Å²) in [6.45, 7) is -2.62. The first-order valence-electron chi connectivity index (χ1n) is 7.32. The van der Waals surface area contributed by atoms with E-state index in [1.807, 2.05) is 0 Å². The molecule has 0 radical (unpaired) electrons. The van der Waals surface area contributed by atoms with Crippen LogP contribution in [0.1, 0.15) is 0 Å². The molecule has 0 saturated heterocycles. The van der Waals surface area contributed by atoms with Crippen molar-refractivity contribution in [3.05, 3.63) is 0 Å². The van der Waals surface area contributed by atoms with Crippen LogP contribution in [0.5, 0.6) is 0 Å². The minimum Gasteiger partial charge on any atom is -0.748 e. The summed E-state index contributed by atoms with van der Waals surface area (Å²) < 4.78 is 253. The van der Waals surface area contributed by atoms with Crippen molar-refractivity contribution in [3.8, 4) is 0 Å². The van der Waals surface area contributed by atoms with Crippen molar-refractivity contribution in [2.75, 3.05) is 12.4 Å². The summed E-state index contributed by atoms with van der Waals surface area (Å²) in [4.78, 5) is 0. The summed E-state index contributed by atoms with van der Waals surface area (Å²) in [5.41, 5.74) is 0. The van der Waals surface area contributed by atoms with Crippen LogP contribution in [-0.2, 0) is 14.9 Å². The fourth-order valence-corrected chi connectivity index (χ4v) is 2.29. The van der Waals surface area contributed by atoms with E-state index < -0.39 is 76.4 Å². The van der Waals surface area contributed by atoms with Crippen molar-refractivity contribution in [2.24, 2.45) is 0 Å². The summed E-state index contributed by atoms with van der Waals surface area (Å²) in [5, 5.41) is 8.75. The molecule has 0 bridgehead atoms. The van der Waals surface area contributed by atoms with E-state index in [0.717, 1.165) is 0 Å². The van der Waals surface area contributed by atoms with Gasteiger partial charge in [0.25, 0.3) is 0 Å². The maximum atomic E-state index is 13.4. The molecule has 206 valence electrons. The van der Waals surface area contributed by atoms with E-state index in [0.29, 0.717) is 0 Å². The van der Waals surface area contributed by atoms with Crippen molar-refractivity contribution in [1.29, 1.82) is 0 Å². The molecule has 0 aromatic carbocycles. The Morgan fingerprint density at radius 1 is 0.629 bits per heavy atom. The number of hydrogen-bond donors (Lipinski definition) is 1. The number of alkyl halides is 17. The van der Waals surface area contributed by atoms with Crippen molar-refractivity contribution in [3.63, 3.8) is 0 Å². The predicted octanol–water partition coefficient (Wildman–Crippen LogP) is 0.880. The predicted molar refractivity (Wildman–Crippen MR) is 67.2 cm³/mol. The fraction of sp³-hybridized carbons (Fsp3) is 1.00. The van der Waals surface area contributed by atoms with Gasteiger partial charge < -0.3 is 14.4 Å². The largest absolute Gasteiger partial charge is 1.00 e. The third-order valence-corrected chi connectivity index (χ3v) is 4.34. The molecule has 0 rings (SSSR count). The van der Waals surface area contributed by atoms with Gasteiger partial charge in [0.2, 0.25) is 0 Å². The van der Waals surface area contributed by atoms with Crippen LogP contribution in [-0.4, -0.2) is 84.4 Å². The van der Waals surface area contributed by atoms with Crippen molar-refractivity contribution in [1.82, 2.24) is 0 Å². The average molecular weight is 596 g/mol. The fourth-order valence-electron chi connectivity index (χ4n) is 1.72. The Bertz CT molecular complexity index is 840. The van der Waals surface area contributed by atoms with E-state index in [9.17, 15) is 87.6 Å². The average Bonchev–Trinajstić information content (AvgIpc) is 2.56. The summed E-state index contributed by atoms with van der Waals surface area (Å²) in [7, 11) is -5.57. The molecule has 0 saturated carbocycles. The third-order valence-electron chi connectivity index (χ3n) is 3.55. The van der Waals surface area contributed by atoms with Gasteiger partial charge in [-0.15, -0.1) is 0 Å². The van der Waals surface area contributed by atoms with Gasteiger partial charge in [-0.3, -0.25) is 0 Å². The molecule has 0 aromatic rings. The molecule has 0 fully saturated rings. The number of halogens is 17. The van der Waals surface area contributed by atoms with Crippen LogP contribution in [0.3, 0.4) is 0 Å². The van der Waals surface area contributed by atoms with Crippen molar-refractivity contribution >= 4 is 10.1 Å². The monoisotopic (exact) mass is 596 g/mol. The SMILES string of the molecule is O=S(=O)([O-])CC(O)COC(F)(F)C(F)(F)C(F)(F)C(F)(F)C(F)(F)C(F)(F)C(F)(F)C(F)(F)F.[Na+]. The summed E-state index contributed by atoms with van der Waals surface area (Å²) in [6.07, 6.45) is -18.2. The Kier molecular flexibility index (Phi) is 10.6. The van der Waals surface area contributed by atoms with E-state index in [1.165, 1.54) is 0 Å². The second kappa shape index (κ2) is 10.1. The van der Waals surface area contributed by atoms with Gasteiger partial charge in [0, 0.05) is 0 Å². The summed E-state index contributed by atoms with van der Waals surface area (Å²) in [6, 6.07) is 0. The number of hydrogen-bond acceptors (Lipinski definition) is 5. The third kappa shape index (κ3) is 6.21. The number of aliphatic hydroxyl groups excluding tert-OH is 1. The topological polar surface area (TPSA) is 86.7 Å². The molecular weight excluding hydrogens is 590 g/mol. The van der Waals surface area contributed by atoms with Crippen LogP contribution in [0, 0.1) is 0 Å². The molecule has 0 aliphatic rings. The van der Waals surface area contributed by atoms with Crippen LogP contribution in [0.4, 0.5) is 74.6 Å². The van der Waals surface area contributed by atoms with Gasteiger partial charge in [0.1, 0.15) is 0 Å².